The summed E-state index contributed by atoms with van der Waals surface area (Å²) >= 11 is 1.40. The molecular weight excluding hydrogens is 296 g/mol. The first-order valence-electron chi connectivity index (χ1n) is 6.83. The van der Waals surface area contributed by atoms with Gasteiger partial charge in [0.2, 0.25) is 5.56 Å². The first-order chi connectivity index (χ1) is 10.7. The second kappa shape index (κ2) is 6.41. The van der Waals surface area contributed by atoms with E-state index in [4.69, 9.17) is 0 Å². The summed E-state index contributed by atoms with van der Waals surface area (Å²) in [4.78, 5) is 27.5. The van der Waals surface area contributed by atoms with Crippen LogP contribution in [0, 0.1) is 0 Å². The molecule has 0 spiro atoms. The van der Waals surface area contributed by atoms with E-state index in [1.165, 1.54) is 17.4 Å². The van der Waals surface area contributed by atoms with Crippen molar-refractivity contribution >= 4 is 17.2 Å². The van der Waals surface area contributed by atoms with Crippen molar-refractivity contribution in [2.45, 2.75) is 6.54 Å². The Morgan fingerprint density at radius 2 is 1.86 bits per heavy atom. The van der Waals surface area contributed by atoms with E-state index in [1.807, 2.05) is 36.4 Å². The third-order valence-corrected chi connectivity index (χ3v) is 4.33. The Balaban J connectivity index is 1.69. The van der Waals surface area contributed by atoms with Crippen molar-refractivity contribution in [2.24, 2.45) is 0 Å². The lowest BCUT2D eigenvalue weighted by molar-refractivity contribution is 0.0955. The highest BCUT2D eigenvalue weighted by molar-refractivity contribution is 7.17. The fraction of sp³-hybridized carbons (Fsp3) is 0.0588. The maximum absolute atomic E-state index is 12.2. The zero-order chi connectivity index (χ0) is 15.4. The smallest absolute Gasteiger partial charge is 0.261 e. The van der Waals surface area contributed by atoms with E-state index in [0.717, 1.165) is 16.0 Å². The molecule has 2 N–H and O–H groups in total. The van der Waals surface area contributed by atoms with Crippen molar-refractivity contribution in [1.82, 2.24) is 10.3 Å². The summed E-state index contributed by atoms with van der Waals surface area (Å²) < 4.78 is 0. The van der Waals surface area contributed by atoms with Crippen molar-refractivity contribution in [2.75, 3.05) is 0 Å². The van der Waals surface area contributed by atoms with Crippen LogP contribution in [-0.4, -0.2) is 10.9 Å². The van der Waals surface area contributed by atoms with Crippen LogP contribution in [0.5, 0.6) is 0 Å². The number of rotatable bonds is 4. The lowest BCUT2D eigenvalue weighted by Crippen LogP contribution is -2.21. The standard InChI is InChI=1S/C17H14N2O2S/c20-16-9-6-13(11-18-16)14-7-8-15(22-14)17(21)19-10-12-4-2-1-3-5-12/h1-9,11H,10H2,(H,18,20)(H,19,21). The van der Waals surface area contributed by atoms with Crippen LogP contribution in [0.25, 0.3) is 10.4 Å². The normalized spacial score (nSPS) is 10.4. The van der Waals surface area contributed by atoms with Gasteiger partial charge in [-0.2, -0.15) is 0 Å². The van der Waals surface area contributed by atoms with Crippen LogP contribution in [0.15, 0.2) is 65.6 Å². The molecule has 0 fully saturated rings. The summed E-state index contributed by atoms with van der Waals surface area (Å²) in [6.45, 7) is 0.506. The van der Waals surface area contributed by atoms with Gasteiger partial charge in [0.05, 0.1) is 4.88 Å². The maximum atomic E-state index is 12.2. The van der Waals surface area contributed by atoms with Crippen LogP contribution in [-0.2, 0) is 6.54 Å². The molecule has 5 heteroatoms. The molecule has 3 rings (SSSR count). The van der Waals surface area contributed by atoms with Crippen molar-refractivity contribution in [1.29, 1.82) is 0 Å². The predicted molar refractivity (Wildman–Crippen MR) is 88.0 cm³/mol. The molecule has 0 unspecified atom stereocenters. The second-order valence-electron chi connectivity index (χ2n) is 4.77. The van der Waals surface area contributed by atoms with E-state index in [9.17, 15) is 9.59 Å². The highest BCUT2D eigenvalue weighted by Crippen LogP contribution is 2.26. The van der Waals surface area contributed by atoms with Gasteiger partial charge in [-0.25, -0.2) is 0 Å². The molecule has 2 heterocycles. The molecule has 0 aliphatic carbocycles. The highest BCUT2D eigenvalue weighted by Gasteiger charge is 2.10. The SMILES string of the molecule is O=C(NCc1ccccc1)c1ccc(-c2ccc(=O)[nH]c2)s1. The Morgan fingerprint density at radius 1 is 1.05 bits per heavy atom. The van der Waals surface area contributed by atoms with Gasteiger partial charge in [0.25, 0.3) is 5.91 Å². The van der Waals surface area contributed by atoms with Gasteiger partial charge in [-0.15, -0.1) is 11.3 Å². The first kappa shape index (κ1) is 14.3. The van der Waals surface area contributed by atoms with Gasteiger partial charge in [0.1, 0.15) is 0 Å². The third kappa shape index (κ3) is 3.32. The third-order valence-electron chi connectivity index (χ3n) is 3.19. The average Bonchev–Trinajstić information content (AvgIpc) is 3.04. The molecular formula is C17H14N2O2S. The number of hydrogen-bond donors (Lipinski definition) is 2. The van der Waals surface area contributed by atoms with Crippen LogP contribution >= 0.6 is 11.3 Å². The Morgan fingerprint density at radius 3 is 2.59 bits per heavy atom. The minimum Gasteiger partial charge on any atom is -0.347 e. The molecule has 1 aromatic carbocycles. The summed E-state index contributed by atoms with van der Waals surface area (Å²) in [6.07, 6.45) is 1.65. The summed E-state index contributed by atoms with van der Waals surface area (Å²) in [5.74, 6) is -0.0930. The molecule has 0 atom stereocenters. The van der Waals surface area contributed by atoms with E-state index in [-0.39, 0.29) is 11.5 Å². The number of nitrogens with one attached hydrogen (secondary N) is 2. The Labute approximate surface area is 131 Å². The fourth-order valence-corrected chi connectivity index (χ4v) is 2.96. The molecule has 0 saturated heterocycles. The number of carbonyl (C=O) groups excluding carboxylic acids is 1. The number of amides is 1. The monoisotopic (exact) mass is 310 g/mol. The summed E-state index contributed by atoms with van der Waals surface area (Å²) in [6, 6.07) is 16.7. The molecule has 1 amide bonds. The minimum atomic E-state index is -0.138. The second-order valence-corrected chi connectivity index (χ2v) is 5.86. The molecule has 0 radical (unpaired) electrons. The van der Waals surface area contributed by atoms with E-state index in [2.05, 4.69) is 10.3 Å². The number of pyridine rings is 1. The number of H-pyrrole nitrogens is 1. The van der Waals surface area contributed by atoms with Crippen molar-refractivity contribution in [3.05, 3.63) is 81.6 Å². The van der Waals surface area contributed by atoms with Gasteiger partial charge >= 0.3 is 0 Å². The molecule has 0 bridgehead atoms. The average molecular weight is 310 g/mol. The van der Waals surface area contributed by atoms with Crippen LogP contribution < -0.4 is 10.9 Å². The Hall–Kier alpha value is -2.66. The van der Waals surface area contributed by atoms with Gasteiger partial charge < -0.3 is 10.3 Å². The summed E-state index contributed by atoms with van der Waals surface area (Å²) in [7, 11) is 0. The van der Waals surface area contributed by atoms with Crippen molar-refractivity contribution < 1.29 is 4.79 Å². The van der Waals surface area contributed by atoms with Crippen LogP contribution in [0.2, 0.25) is 0 Å². The lowest BCUT2D eigenvalue weighted by atomic mass is 10.2. The van der Waals surface area contributed by atoms with Crippen LogP contribution in [0.1, 0.15) is 15.2 Å². The zero-order valence-electron chi connectivity index (χ0n) is 11.7. The fourth-order valence-electron chi connectivity index (χ4n) is 2.04. The van der Waals surface area contributed by atoms with Gasteiger partial charge in [-0.3, -0.25) is 9.59 Å². The number of thiophene rings is 1. The highest BCUT2D eigenvalue weighted by atomic mass is 32.1. The number of carbonyl (C=O) groups is 1. The predicted octanol–water partition coefficient (Wildman–Crippen LogP) is 3.03. The topological polar surface area (TPSA) is 62.0 Å². The molecule has 0 saturated carbocycles. The number of benzene rings is 1. The molecule has 0 aliphatic heterocycles. The van der Waals surface area contributed by atoms with Gasteiger partial charge in [-0.1, -0.05) is 30.3 Å². The molecule has 22 heavy (non-hydrogen) atoms. The molecule has 110 valence electrons. The zero-order valence-corrected chi connectivity index (χ0v) is 12.5. The number of hydrogen-bond acceptors (Lipinski definition) is 3. The largest absolute Gasteiger partial charge is 0.347 e. The van der Waals surface area contributed by atoms with Gasteiger partial charge in [0.15, 0.2) is 0 Å². The van der Waals surface area contributed by atoms with Crippen LogP contribution in [0.3, 0.4) is 0 Å². The summed E-state index contributed by atoms with van der Waals surface area (Å²) in [5, 5.41) is 2.90. The van der Waals surface area contributed by atoms with E-state index in [0.29, 0.717) is 11.4 Å². The van der Waals surface area contributed by atoms with Gasteiger partial charge in [-0.05, 0) is 23.8 Å². The van der Waals surface area contributed by atoms with Crippen molar-refractivity contribution in [3.63, 3.8) is 0 Å². The number of aromatic amines is 1. The Kier molecular flexibility index (Phi) is 4.16. The van der Waals surface area contributed by atoms with Crippen LogP contribution in [0.4, 0.5) is 0 Å². The quantitative estimate of drug-likeness (QED) is 0.778. The molecule has 2 aromatic heterocycles. The summed E-state index contributed by atoms with van der Waals surface area (Å²) in [5.41, 5.74) is 1.82. The molecule has 3 aromatic rings. The van der Waals surface area contributed by atoms with E-state index in [1.54, 1.807) is 18.3 Å². The maximum Gasteiger partial charge on any atom is 0.261 e. The Bertz CT molecular complexity index is 817. The van der Waals surface area contributed by atoms with Crippen molar-refractivity contribution in [3.8, 4) is 10.4 Å². The minimum absolute atomic E-state index is 0.0930. The van der Waals surface area contributed by atoms with E-state index >= 15 is 0 Å². The van der Waals surface area contributed by atoms with Gasteiger partial charge in [0, 0.05) is 29.2 Å². The lowest BCUT2D eigenvalue weighted by Gasteiger charge is -2.03. The molecule has 4 nitrogen and oxygen atoms in total. The van der Waals surface area contributed by atoms with E-state index < -0.39 is 0 Å². The first-order valence-corrected chi connectivity index (χ1v) is 7.65. The number of aromatic nitrogens is 1. The molecule has 0 aliphatic rings.